The Bertz CT molecular complexity index is 503. The van der Waals surface area contributed by atoms with E-state index in [-0.39, 0.29) is 11.9 Å². The highest BCUT2D eigenvalue weighted by atomic mass is 16.5. The van der Waals surface area contributed by atoms with E-state index in [1.54, 1.807) is 0 Å². The molecular weight excluding hydrogens is 496 g/mol. The molecule has 0 amide bonds. The van der Waals surface area contributed by atoms with E-state index < -0.39 is 5.97 Å². The molecular formula is C36H72O4. The van der Waals surface area contributed by atoms with E-state index >= 15 is 0 Å². The van der Waals surface area contributed by atoms with Crippen LogP contribution in [0.5, 0.6) is 0 Å². The van der Waals surface area contributed by atoms with Crippen LogP contribution in [0.3, 0.4) is 0 Å². The highest BCUT2D eigenvalue weighted by molar-refractivity contribution is 5.69. The summed E-state index contributed by atoms with van der Waals surface area (Å²) in [4.78, 5) is 22.5. The van der Waals surface area contributed by atoms with Crippen molar-refractivity contribution in [2.24, 2.45) is 5.92 Å². The second kappa shape index (κ2) is 36.0. The van der Waals surface area contributed by atoms with Crippen molar-refractivity contribution < 1.29 is 19.4 Å². The summed E-state index contributed by atoms with van der Waals surface area (Å²) in [6.45, 7) is 9.36. The number of ether oxygens (including phenoxy) is 1. The molecule has 0 saturated carbocycles. The minimum Gasteiger partial charge on any atom is -0.481 e. The summed E-state index contributed by atoms with van der Waals surface area (Å²) >= 11 is 0. The number of hydrogen-bond donors (Lipinski definition) is 1. The quantitative estimate of drug-likeness (QED) is 0.0691. The molecule has 0 heterocycles. The van der Waals surface area contributed by atoms with Crippen molar-refractivity contribution in [3.05, 3.63) is 0 Å². The molecule has 4 heteroatoms. The first-order chi connectivity index (χ1) is 19.5. The number of rotatable bonds is 30. The van der Waals surface area contributed by atoms with Crippen LogP contribution in [-0.2, 0) is 14.3 Å². The van der Waals surface area contributed by atoms with Gasteiger partial charge in [0.15, 0.2) is 0 Å². The molecule has 0 fully saturated rings. The topological polar surface area (TPSA) is 63.6 Å². The Balaban J connectivity index is 0. The van der Waals surface area contributed by atoms with Crippen molar-refractivity contribution in [3.8, 4) is 0 Å². The van der Waals surface area contributed by atoms with E-state index in [4.69, 9.17) is 9.84 Å². The molecule has 0 spiro atoms. The lowest BCUT2D eigenvalue weighted by Gasteiger charge is -2.11. The van der Waals surface area contributed by atoms with Gasteiger partial charge in [0.25, 0.3) is 0 Å². The van der Waals surface area contributed by atoms with Crippen LogP contribution in [0, 0.1) is 5.92 Å². The van der Waals surface area contributed by atoms with Gasteiger partial charge in [-0.1, -0.05) is 175 Å². The maximum Gasteiger partial charge on any atom is 0.306 e. The molecule has 0 aromatic carbocycles. The molecule has 0 aromatic heterocycles. The fourth-order valence-corrected chi connectivity index (χ4v) is 5.06. The fraction of sp³-hybridized carbons (Fsp3) is 0.944. The van der Waals surface area contributed by atoms with Crippen molar-refractivity contribution in [2.45, 2.75) is 207 Å². The summed E-state index contributed by atoms with van der Waals surface area (Å²) in [5, 5.41) is 9.14. The van der Waals surface area contributed by atoms with E-state index in [0.29, 0.717) is 13.0 Å². The van der Waals surface area contributed by atoms with Crippen LogP contribution in [0.15, 0.2) is 0 Å². The molecule has 0 radical (unpaired) electrons. The number of carbonyl (C=O) groups is 2. The summed E-state index contributed by atoms with van der Waals surface area (Å²) in [5.41, 5.74) is 0. The molecule has 0 aliphatic rings. The lowest BCUT2D eigenvalue weighted by Crippen LogP contribution is -2.13. The van der Waals surface area contributed by atoms with Gasteiger partial charge in [-0.2, -0.15) is 0 Å². The minimum absolute atomic E-state index is 0.00521. The number of esters is 1. The molecule has 0 aliphatic heterocycles. The molecule has 1 N–H and O–H groups in total. The number of hydrogen-bond acceptors (Lipinski definition) is 3. The van der Waals surface area contributed by atoms with E-state index in [0.717, 1.165) is 51.4 Å². The third-order valence-electron chi connectivity index (χ3n) is 7.91. The summed E-state index contributed by atoms with van der Waals surface area (Å²) in [6, 6.07) is 0. The summed E-state index contributed by atoms with van der Waals surface area (Å²) < 4.78 is 5.14. The number of aliphatic carboxylic acids is 1. The second-order valence-electron chi connectivity index (χ2n) is 12.0. The molecule has 1 atom stereocenters. The first kappa shape index (κ1) is 41.1. The second-order valence-corrected chi connectivity index (χ2v) is 12.0. The monoisotopic (exact) mass is 569 g/mol. The van der Waals surface area contributed by atoms with Crippen molar-refractivity contribution in [3.63, 3.8) is 0 Å². The Kier molecular flexibility index (Phi) is 36.9. The first-order valence-electron chi connectivity index (χ1n) is 17.9. The maximum absolute atomic E-state index is 11.4. The van der Waals surface area contributed by atoms with Crippen molar-refractivity contribution in [2.75, 3.05) is 6.61 Å². The zero-order valence-corrected chi connectivity index (χ0v) is 27.8. The number of unbranched alkanes of at least 4 members (excludes halogenated alkanes) is 21. The van der Waals surface area contributed by atoms with Gasteiger partial charge in [0.2, 0.25) is 0 Å². The standard InChI is InChI=1S/2C18H36O2/c1-3-5-7-8-9-10-11-12-13-14-15-16-18(19)20-17-6-4-2;1-3-5-7-8-9-10-11-12-13-14-16-17(18(19)20)15-6-4-2/h3-17H2,1-2H3;17H,3-16H2,1-2H3,(H,19,20). The summed E-state index contributed by atoms with van der Waals surface area (Å²) in [5.74, 6) is -0.687. The molecule has 0 bridgehead atoms. The molecule has 0 aliphatic carbocycles. The van der Waals surface area contributed by atoms with Crippen molar-refractivity contribution in [1.29, 1.82) is 0 Å². The van der Waals surface area contributed by atoms with Crippen LogP contribution in [0.1, 0.15) is 207 Å². The average Bonchev–Trinajstić information content (AvgIpc) is 2.94. The lowest BCUT2D eigenvalue weighted by atomic mass is 9.95. The maximum atomic E-state index is 11.4. The third kappa shape index (κ3) is 35.0. The minimum atomic E-state index is -0.589. The Morgan fingerprint density at radius 3 is 1.23 bits per heavy atom. The summed E-state index contributed by atoms with van der Waals surface area (Å²) in [6.07, 6.45) is 34.3. The Labute approximate surface area is 251 Å². The Hall–Kier alpha value is -1.06. The molecule has 4 nitrogen and oxygen atoms in total. The zero-order chi connectivity index (χ0) is 29.9. The zero-order valence-electron chi connectivity index (χ0n) is 27.8. The Morgan fingerprint density at radius 2 is 0.825 bits per heavy atom. The van der Waals surface area contributed by atoms with Gasteiger partial charge >= 0.3 is 11.9 Å². The van der Waals surface area contributed by atoms with E-state index in [1.807, 2.05) is 0 Å². The van der Waals surface area contributed by atoms with Crippen molar-refractivity contribution in [1.82, 2.24) is 0 Å². The smallest absolute Gasteiger partial charge is 0.306 e. The van der Waals surface area contributed by atoms with Crippen molar-refractivity contribution >= 4 is 11.9 Å². The van der Waals surface area contributed by atoms with E-state index in [2.05, 4.69) is 27.7 Å². The predicted octanol–water partition coefficient (Wildman–Crippen LogP) is 12.2. The van der Waals surface area contributed by atoms with E-state index in [9.17, 15) is 9.59 Å². The van der Waals surface area contributed by atoms with Crippen LogP contribution < -0.4 is 0 Å². The fourth-order valence-electron chi connectivity index (χ4n) is 5.06. The van der Waals surface area contributed by atoms with Crippen LogP contribution in [0.25, 0.3) is 0 Å². The average molecular weight is 569 g/mol. The molecule has 240 valence electrons. The molecule has 0 rings (SSSR count). The SMILES string of the molecule is CCCCCCCCCCCCC(CCCC)C(=O)O.CCCCCCCCCCCCCC(=O)OCCCC. The molecule has 0 saturated heterocycles. The highest BCUT2D eigenvalue weighted by Crippen LogP contribution is 2.18. The predicted molar refractivity (Wildman–Crippen MR) is 174 cm³/mol. The van der Waals surface area contributed by atoms with Gasteiger partial charge in [0.1, 0.15) is 0 Å². The highest BCUT2D eigenvalue weighted by Gasteiger charge is 2.15. The third-order valence-corrected chi connectivity index (χ3v) is 7.91. The van der Waals surface area contributed by atoms with Crippen LogP contribution in [-0.4, -0.2) is 23.7 Å². The number of carbonyl (C=O) groups excluding carboxylic acids is 1. The summed E-state index contributed by atoms with van der Waals surface area (Å²) in [7, 11) is 0. The first-order valence-corrected chi connectivity index (χ1v) is 17.9. The lowest BCUT2D eigenvalue weighted by molar-refractivity contribution is -0.144. The van der Waals surface area contributed by atoms with Crippen LogP contribution in [0.4, 0.5) is 0 Å². The van der Waals surface area contributed by atoms with E-state index in [1.165, 1.54) is 122 Å². The van der Waals surface area contributed by atoms with Crippen LogP contribution in [0.2, 0.25) is 0 Å². The van der Waals surface area contributed by atoms with Gasteiger partial charge in [0, 0.05) is 6.42 Å². The molecule has 1 unspecified atom stereocenters. The van der Waals surface area contributed by atoms with Gasteiger partial charge in [0.05, 0.1) is 12.5 Å². The largest absolute Gasteiger partial charge is 0.481 e. The van der Waals surface area contributed by atoms with Gasteiger partial charge < -0.3 is 9.84 Å². The molecule has 0 aromatic rings. The normalized spacial score (nSPS) is 11.6. The van der Waals surface area contributed by atoms with Crippen LogP contribution >= 0.6 is 0 Å². The number of carboxylic acids is 1. The van der Waals surface area contributed by atoms with Gasteiger partial charge in [-0.05, 0) is 25.7 Å². The van der Waals surface area contributed by atoms with Gasteiger partial charge in [-0.25, -0.2) is 0 Å². The number of carboxylic acid groups (broad SMARTS) is 1. The van der Waals surface area contributed by atoms with Gasteiger partial charge in [-0.15, -0.1) is 0 Å². The van der Waals surface area contributed by atoms with Gasteiger partial charge in [-0.3, -0.25) is 9.59 Å². The molecule has 40 heavy (non-hydrogen) atoms. The Morgan fingerprint density at radius 1 is 0.475 bits per heavy atom.